The Morgan fingerprint density at radius 1 is 1.05 bits per heavy atom. The number of nitrogens with one attached hydrogen (secondary N) is 1. The number of para-hydroxylation sites is 1. The van der Waals surface area contributed by atoms with Crippen molar-refractivity contribution in [1.82, 2.24) is 4.90 Å². The maximum atomic E-state index is 12.4. The normalized spacial score (nSPS) is 11.5. The van der Waals surface area contributed by atoms with E-state index < -0.39 is 0 Å². The summed E-state index contributed by atoms with van der Waals surface area (Å²) in [5.74, 6) is 0.912. The summed E-state index contributed by atoms with van der Waals surface area (Å²) < 4.78 is 0. The standard InChI is InChI=1S/C19H32N2O/c1-7-21(8-2)13-12-18(22)20-19-16(14(3)4)10-9-11-17(19)15(5)6/h9-11,14-15H,7-8,12-13H2,1-6H3,(H,20,22). The molecule has 0 aliphatic rings. The molecule has 0 radical (unpaired) electrons. The van der Waals surface area contributed by atoms with Gasteiger partial charge in [0.15, 0.2) is 0 Å². The fraction of sp³-hybridized carbons (Fsp3) is 0.632. The van der Waals surface area contributed by atoms with E-state index in [-0.39, 0.29) is 5.91 Å². The van der Waals surface area contributed by atoms with Gasteiger partial charge in [-0.1, -0.05) is 59.7 Å². The van der Waals surface area contributed by atoms with E-state index >= 15 is 0 Å². The topological polar surface area (TPSA) is 32.3 Å². The van der Waals surface area contributed by atoms with Crippen molar-refractivity contribution in [2.24, 2.45) is 0 Å². The minimum absolute atomic E-state index is 0.113. The van der Waals surface area contributed by atoms with Crippen LogP contribution < -0.4 is 5.32 Å². The zero-order chi connectivity index (χ0) is 16.7. The van der Waals surface area contributed by atoms with Crippen molar-refractivity contribution in [3.8, 4) is 0 Å². The van der Waals surface area contributed by atoms with Crippen LogP contribution >= 0.6 is 0 Å². The number of anilines is 1. The number of hydrogen-bond donors (Lipinski definition) is 1. The Balaban J connectivity index is 2.89. The minimum atomic E-state index is 0.113. The molecular formula is C19H32N2O. The Bertz CT molecular complexity index is 450. The predicted molar refractivity (Wildman–Crippen MR) is 95.7 cm³/mol. The first-order valence-corrected chi connectivity index (χ1v) is 8.55. The molecule has 1 aromatic rings. The summed E-state index contributed by atoms with van der Waals surface area (Å²) in [4.78, 5) is 14.6. The SMILES string of the molecule is CCN(CC)CCC(=O)Nc1c(C(C)C)cccc1C(C)C. The molecule has 0 saturated carbocycles. The molecule has 0 saturated heterocycles. The molecule has 0 aliphatic heterocycles. The molecule has 0 spiro atoms. The van der Waals surface area contributed by atoms with Gasteiger partial charge < -0.3 is 10.2 Å². The van der Waals surface area contributed by atoms with Crippen LogP contribution in [0.15, 0.2) is 18.2 Å². The molecule has 0 bridgehead atoms. The molecule has 1 N–H and O–H groups in total. The summed E-state index contributed by atoms with van der Waals surface area (Å²) in [5, 5.41) is 3.18. The van der Waals surface area contributed by atoms with Crippen molar-refractivity contribution in [2.45, 2.75) is 59.8 Å². The van der Waals surface area contributed by atoms with Crippen molar-refractivity contribution in [3.05, 3.63) is 29.3 Å². The maximum absolute atomic E-state index is 12.4. The highest BCUT2D eigenvalue weighted by molar-refractivity contribution is 5.92. The van der Waals surface area contributed by atoms with E-state index in [1.807, 2.05) is 0 Å². The Kier molecular flexibility index (Phi) is 7.60. The van der Waals surface area contributed by atoms with E-state index in [1.54, 1.807) is 0 Å². The number of nitrogens with zero attached hydrogens (tertiary/aromatic N) is 1. The van der Waals surface area contributed by atoms with Gasteiger partial charge in [-0.25, -0.2) is 0 Å². The van der Waals surface area contributed by atoms with Crippen molar-refractivity contribution < 1.29 is 4.79 Å². The van der Waals surface area contributed by atoms with Gasteiger partial charge in [0.25, 0.3) is 0 Å². The molecular weight excluding hydrogens is 272 g/mol. The Labute approximate surface area is 136 Å². The Morgan fingerprint density at radius 2 is 1.55 bits per heavy atom. The highest BCUT2D eigenvalue weighted by atomic mass is 16.1. The third-order valence-corrected chi connectivity index (χ3v) is 4.19. The van der Waals surface area contributed by atoms with E-state index in [4.69, 9.17) is 0 Å². The average Bonchev–Trinajstić information content (AvgIpc) is 2.47. The lowest BCUT2D eigenvalue weighted by Gasteiger charge is -2.21. The first-order valence-electron chi connectivity index (χ1n) is 8.55. The van der Waals surface area contributed by atoms with Crippen molar-refractivity contribution >= 4 is 11.6 Å². The zero-order valence-corrected chi connectivity index (χ0v) is 15.1. The fourth-order valence-corrected chi connectivity index (χ4v) is 2.70. The zero-order valence-electron chi connectivity index (χ0n) is 15.1. The van der Waals surface area contributed by atoms with Crippen molar-refractivity contribution in [3.63, 3.8) is 0 Å². The third kappa shape index (κ3) is 5.13. The maximum Gasteiger partial charge on any atom is 0.225 e. The van der Waals surface area contributed by atoms with Gasteiger partial charge in [0.2, 0.25) is 5.91 Å². The van der Waals surface area contributed by atoms with Gasteiger partial charge in [-0.3, -0.25) is 4.79 Å². The van der Waals surface area contributed by atoms with Crippen LogP contribution in [0.2, 0.25) is 0 Å². The summed E-state index contributed by atoms with van der Waals surface area (Å²) >= 11 is 0. The molecule has 0 aliphatic carbocycles. The number of benzene rings is 1. The van der Waals surface area contributed by atoms with E-state index in [9.17, 15) is 4.79 Å². The van der Waals surface area contributed by atoms with Crippen molar-refractivity contribution in [1.29, 1.82) is 0 Å². The lowest BCUT2D eigenvalue weighted by Crippen LogP contribution is -2.28. The molecule has 0 fully saturated rings. The molecule has 3 heteroatoms. The van der Waals surface area contributed by atoms with Crippen molar-refractivity contribution in [2.75, 3.05) is 25.0 Å². The summed E-state index contributed by atoms with van der Waals surface area (Å²) in [6, 6.07) is 6.34. The van der Waals surface area contributed by atoms with Gasteiger partial charge in [-0.2, -0.15) is 0 Å². The molecule has 22 heavy (non-hydrogen) atoms. The highest BCUT2D eigenvalue weighted by Crippen LogP contribution is 2.32. The second-order valence-electron chi connectivity index (χ2n) is 6.45. The average molecular weight is 304 g/mol. The quantitative estimate of drug-likeness (QED) is 0.761. The van der Waals surface area contributed by atoms with Gasteiger partial charge in [0.05, 0.1) is 0 Å². The number of carbonyl (C=O) groups is 1. The molecule has 0 aromatic heterocycles. The van der Waals surface area contributed by atoms with Gasteiger partial charge in [-0.05, 0) is 36.1 Å². The molecule has 0 atom stereocenters. The van der Waals surface area contributed by atoms with Crippen LogP contribution in [0.5, 0.6) is 0 Å². The van der Waals surface area contributed by atoms with E-state index in [0.29, 0.717) is 18.3 Å². The van der Waals surface area contributed by atoms with Gasteiger partial charge >= 0.3 is 0 Å². The summed E-state index contributed by atoms with van der Waals surface area (Å²) in [6.07, 6.45) is 0.547. The predicted octanol–water partition coefficient (Wildman–Crippen LogP) is 4.60. The number of hydrogen-bond acceptors (Lipinski definition) is 2. The van der Waals surface area contributed by atoms with E-state index in [2.05, 4.69) is 70.0 Å². The first kappa shape index (κ1) is 18.7. The number of amides is 1. The van der Waals surface area contributed by atoms with Gasteiger partial charge in [-0.15, -0.1) is 0 Å². The van der Waals surface area contributed by atoms with Crippen LogP contribution in [-0.2, 0) is 4.79 Å². The fourth-order valence-electron chi connectivity index (χ4n) is 2.70. The lowest BCUT2D eigenvalue weighted by molar-refractivity contribution is -0.116. The Morgan fingerprint density at radius 3 is 1.95 bits per heavy atom. The van der Waals surface area contributed by atoms with Crippen LogP contribution in [0.25, 0.3) is 0 Å². The molecule has 124 valence electrons. The summed E-state index contributed by atoms with van der Waals surface area (Å²) in [6.45, 7) is 15.7. The summed E-state index contributed by atoms with van der Waals surface area (Å²) in [5.41, 5.74) is 3.47. The van der Waals surface area contributed by atoms with Gasteiger partial charge in [0.1, 0.15) is 0 Å². The van der Waals surface area contributed by atoms with E-state index in [1.165, 1.54) is 11.1 Å². The molecule has 3 nitrogen and oxygen atoms in total. The second-order valence-corrected chi connectivity index (χ2v) is 6.45. The number of rotatable bonds is 8. The molecule has 0 unspecified atom stereocenters. The van der Waals surface area contributed by atoms with E-state index in [0.717, 1.165) is 25.3 Å². The first-order chi connectivity index (χ1) is 10.4. The molecule has 1 aromatic carbocycles. The summed E-state index contributed by atoms with van der Waals surface area (Å²) in [7, 11) is 0. The molecule has 1 rings (SSSR count). The second kappa shape index (κ2) is 8.94. The van der Waals surface area contributed by atoms with Crippen LogP contribution in [0.3, 0.4) is 0 Å². The Hall–Kier alpha value is -1.35. The monoisotopic (exact) mass is 304 g/mol. The molecule has 1 amide bonds. The van der Waals surface area contributed by atoms with Gasteiger partial charge in [0, 0.05) is 18.7 Å². The lowest BCUT2D eigenvalue weighted by atomic mass is 9.92. The van der Waals surface area contributed by atoms with Crippen LogP contribution in [0, 0.1) is 0 Å². The van der Waals surface area contributed by atoms with Crippen LogP contribution in [0.4, 0.5) is 5.69 Å². The van der Waals surface area contributed by atoms with Crippen LogP contribution in [-0.4, -0.2) is 30.4 Å². The van der Waals surface area contributed by atoms with Crippen LogP contribution in [0.1, 0.15) is 70.9 Å². The number of carbonyl (C=O) groups excluding carboxylic acids is 1. The smallest absolute Gasteiger partial charge is 0.225 e. The third-order valence-electron chi connectivity index (χ3n) is 4.19. The highest BCUT2D eigenvalue weighted by Gasteiger charge is 2.16. The minimum Gasteiger partial charge on any atom is -0.326 e. The molecule has 0 heterocycles. The largest absolute Gasteiger partial charge is 0.326 e.